The molecule has 3 aromatic rings. The van der Waals surface area contributed by atoms with E-state index in [1.165, 1.54) is 6.07 Å². The van der Waals surface area contributed by atoms with Gasteiger partial charge in [0.2, 0.25) is 12.5 Å². The van der Waals surface area contributed by atoms with Crippen molar-refractivity contribution in [1.82, 2.24) is 9.97 Å². The summed E-state index contributed by atoms with van der Waals surface area (Å²) >= 11 is 0. The number of para-hydroxylation sites is 2. The predicted molar refractivity (Wildman–Crippen MR) is 113 cm³/mol. The number of nitro benzene ring substituents is 1. The third-order valence-corrected chi connectivity index (χ3v) is 4.57. The van der Waals surface area contributed by atoms with Crippen molar-refractivity contribution in [3.63, 3.8) is 0 Å². The number of nitro groups is 2. The molecule has 0 aliphatic rings. The number of aromatic nitrogens is 2. The Morgan fingerprint density at radius 2 is 1.55 bits per heavy atom. The second-order valence-electron chi connectivity index (χ2n) is 6.55. The average Bonchev–Trinajstić information content (AvgIpc) is 2.71. The highest BCUT2D eigenvalue weighted by Crippen LogP contribution is 2.37. The van der Waals surface area contributed by atoms with Crippen LogP contribution in [-0.4, -0.2) is 26.4 Å². The Morgan fingerprint density at radius 1 is 0.935 bits per heavy atom. The van der Waals surface area contributed by atoms with Crippen LogP contribution >= 0.6 is 0 Å². The Hall–Kier alpha value is -4.48. The fraction of sp³-hybridized carbons (Fsp3) is 0.158. The van der Waals surface area contributed by atoms with Crippen LogP contribution in [0.15, 0.2) is 48.5 Å². The number of anilines is 3. The van der Waals surface area contributed by atoms with Crippen LogP contribution in [0.1, 0.15) is 22.6 Å². The van der Waals surface area contributed by atoms with Crippen molar-refractivity contribution in [1.29, 1.82) is 0 Å². The molecule has 12 heteroatoms. The fourth-order valence-corrected chi connectivity index (χ4v) is 3.24. The van der Waals surface area contributed by atoms with Gasteiger partial charge in [0, 0.05) is 16.6 Å². The Morgan fingerprint density at radius 3 is 2.19 bits per heavy atom. The molecule has 12 nitrogen and oxygen atoms in total. The smallest absolute Gasteiger partial charge is 0.276 e. The van der Waals surface area contributed by atoms with Crippen molar-refractivity contribution in [2.75, 3.05) is 23.7 Å². The van der Waals surface area contributed by atoms with Gasteiger partial charge in [-0.3, -0.25) is 20.2 Å². The Labute approximate surface area is 176 Å². The number of ether oxygens (including phenoxy) is 1. The van der Waals surface area contributed by atoms with Crippen LogP contribution in [0.4, 0.5) is 23.3 Å². The standard InChI is InChI=1S/C19H19N7O5/c20-17-16(18(21)24-19(22)23-17)13(9-25(27)28)12-6-2-4-8-15(12)31-10-11-5-1-3-7-14(11)26(29)30/h1-8,13H,9-10H2,(H6,20,21,22,23,24). The summed E-state index contributed by atoms with van der Waals surface area (Å²) < 4.78 is 5.83. The summed E-state index contributed by atoms with van der Waals surface area (Å²) in [6.45, 7) is -0.684. The lowest BCUT2D eigenvalue weighted by Gasteiger charge is -2.20. The van der Waals surface area contributed by atoms with Crippen LogP contribution in [-0.2, 0) is 6.61 Å². The first kappa shape index (κ1) is 21.2. The molecule has 0 saturated heterocycles. The van der Waals surface area contributed by atoms with E-state index in [1.54, 1.807) is 42.5 Å². The molecule has 160 valence electrons. The van der Waals surface area contributed by atoms with Crippen molar-refractivity contribution in [3.8, 4) is 5.75 Å². The van der Waals surface area contributed by atoms with Crippen molar-refractivity contribution < 1.29 is 14.6 Å². The van der Waals surface area contributed by atoms with Crippen LogP contribution in [0.5, 0.6) is 5.75 Å². The van der Waals surface area contributed by atoms with Crippen LogP contribution in [0.25, 0.3) is 0 Å². The summed E-state index contributed by atoms with van der Waals surface area (Å²) in [5, 5.41) is 22.6. The largest absolute Gasteiger partial charge is 0.488 e. The number of hydrogen-bond donors (Lipinski definition) is 3. The molecular formula is C19H19N7O5. The monoisotopic (exact) mass is 425 g/mol. The average molecular weight is 425 g/mol. The molecule has 0 spiro atoms. The van der Waals surface area contributed by atoms with Crippen LogP contribution in [0, 0.1) is 20.2 Å². The van der Waals surface area contributed by atoms with E-state index < -0.39 is 22.3 Å². The first-order valence-electron chi connectivity index (χ1n) is 9.02. The number of rotatable bonds is 8. The lowest BCUT2D eigenvalue weighted by Crippen LogP contribution is -2.20. The summed E-state index contributed by atoms with van der Waals surface area (Å²) in [5.41, 5.74) is 18.3. The minimum Gasteiger partial charge on any atom is -0.488 e. The maximum Gasteiger partial charge on any atom is 0.276 e. The van der Waals surface area contributed by atoms with Gasteiger partial charge in [-0.15, -0.1) is 0 Å². The number of benzene rings is 2. The maximum atomic E-state index is 11.4. The molecule has 1 unspecified atom stereocenters. The van der Waals surface area contributed by atoms with E-state index in [1.807, 2.05) is 0 Å². The molecule has 31 heavy (non-hydrogen) atoms. The van der Waals surface area contributed by atoms with Crippen LogP contribution < -0.4 is 21.9 Å². The van der Waals surface area contributed by atoms with E-state index in [4.69, 9.17) is 21.9 Å². The Bertz CT molecular complexity index is 1120. The molecular weight excluding hydrogens is 406 g/mol. The molecule has 0 radical (unpaired) electrons. The van der Waals surface area contributed by atoms with Gasteiger partial charge in [0.05, 0.1) is 22.0 Å². The molecule has 1 heterocycles. The van der Waals surface area contributed by atoms with Crippen LogP contribution in [0.3, 0.4) is 0 Å². The van der Waals surface area contributed by atoms with Gasteiger partial charge in [-0.25, -0.2) is 0 Å². The molecule has 0 saturated carbocycles. The summed E-state index contributed by atoms with van der Waals surface area (Å²) in [6.07, 6.45) is 0. The summed E-state index contributed by atoms with van der Waals surface area (Å²) in [7, 11) is 0. The second-order valence-corrected chi connectivity index (χ2v) is 6.55. The van der Waals surface area contributed by atoms with E-state index in [0.29, 0.717) is 11.1 Å². The lowest BCUT2D eigenvalue weighted by molar-refractivity contribution is -0.481. The zero-order valence-corrected chi connectivity index (χ0v) is 16.2. The van der Waals surface area contributed by atoms with Gasteiger partial charge in [0.25, 0.3) is 5.69 Å². The van der Waals surface area contributed by atoms with Gasteiger partial charge in [-0.1, -0.05) is 30.3 Å². The minimum atomic E-state index is -0.933. The Balaban J connectivity index is 2.02. The highest BCUT2D eigenvalue weighted by atomic mass is 16.6. The first-order chi connectivity index (χ1) is 14.8. The molecule has 0 fully saturated rings. The third-order valence-electron chi connectivity index (χ3n) is 4.57. The normalized spacial score (nSPS) is 11.6. The van der Waals surface area contributed by atoms with Crippen molar-refractivity contribution in [2.45, 2.75) is 12.5 Å². The molecule has 2 aromatic carbocycles. The van der Waals surface area contributed by atoms with E-state index in [9.17, 15) is 20.2 Å². The molecule has 1 atom stereocenters. The van der Waals surface area contributed by atoms with Gasteiger partial charge in [0.15, 0.2) is 0 Å². The summed E-state index contributed by atoms with van der Waals surface area (Å²) in [5.74, 6) is -0.962. The van der Waals surface area contributed by atoms with Gasteiger partial charge < -0.3 is 21.9 Å². The lowest BCUT2D eigenvalue weighted by atomic mass is 9.91. The molecule has 0 aliphatic heterocycles. The maximum absolute atomic E-state index is 11.4. The zero-order valence-electron chi connectivity index (χ0n) is 16.2. The van der Waals surface area contributed by atoms with Gasteiger partial charge in [-0.2, -0.15) is 9.97 Å². The molecule has 0 bridgehead atoms. The molecule has 0 aliphatic carbocycles. The van der Waals surface area contributed by atoms with Crippen molar-refractivity contribution in [3.05, 3.63) is 85.4 Å². The van der Waals surface area contributed by atoms with E-state index in [0.717, 1.165) is 0 Å². The SMILES string of the molecule is Nc1nc(N)c(C(C[N+](=O)[O-])c2ccccc2OCc2ccccc2[N+](=O)[O-])c(N)n1. The number of nitrogens with two attached hydrogens (primary N) is 3. The van der Waals surface area contributed by atoms with Crippen LogP contribution in [0.2, 0.25) is 0 Å². The fourth-order valence-electron chi connectivity index (χ4n) is 3.24. The minimum absolute atomic E-state index is 0.0784. The number of nitrogens with zero attached hydrogens (tertiary/aromatic N) is 4. The predicted octanol–water partition coefficient (Wildman–Crippen LogP) is 2.12. The Kier molecular flexibility index (Phi) is 6.10. The van der Waals surface area contributed by atoms with Crippen molar-refractivity contribution >= 4 is 23.3 Å². The highest BCUT2D eigenvalue weighted by Gasteiger charge is 2.29. The van der Waals surface area contributed by atoms with Gasteiger partial charge in [0.1, 0.15) is 24.0 Å². The number of nitrogen functional groups attached to an aromatic ring is 3. The van der Waals surface area contributed by atoms with Gasteiger partial charge in [-0.05, 0) is 12.1 Å². The second kappa shape index (κ2) is 8.90. The summed E-state index contributed by atoms with van der Waals surface area (Å²) in [6, 6.07) is 12.7. The quantitative estimate of drug-likeness (QED) is 0.354. The topological polar surface area (TPSA) is 199 Å². The van der Waals surface area contributed by atoms with E-state index >= 15 is 0 Å². The van der Waals surface area contributed by atoms with E-state index in [-0.39, 0.29) is 41.2 Å². The molecule has 0 amide bonds. The third kappa shape index (κ3) is 4.75. The highest BCUT2D eigenvalue weighted by molar-refractivity contribution is 5.61. The van der Waals surface area contributed by atoms with Crippen molar-refractivity contribution in [2.24, 2.45) is 0 Å². The molecule has 3 rings (SSSR count). The summed E-state index contributed by atoms with van der Waals surface area (Å²) in [4.78, 5) is 29.4. The molecule has 1 aromatic heterocycles. The first-order valence-corrected chi connectivity index (χ1v) is 9.02. The molecule has 6 N–H and O–H groups in total. The zero-order chi connectivity index (χ0) is 22.5. The number of hydrogen-bond acceptors (Lipinski definition) is 10. The van der Waals surface area contributed by atoms with E-state index in [2.05, 4.69) is 9.97 Å². The van der Waals surface area contributed by atoms with Gasteiger partial charge >= 0.3 is 0 Å².